The lowest BCUT2D eigenvalue weighted by Gasteiger charge is -2.19. The van der Waals surface area contributed by atoms with Crippen molar-refractivity contribution in [3.63, 3.8) is 0 Å². The van der Waals surface area contributed by atoms with Crippen LogP contribution in [0.3, 0.4) is 0 Å². The van der Waals surface area contributed by atoms with Crippen LogP contribution in [0.4, 0.5) is 15.9 Å². The highest BCUT2D eigenvalue weighted by Crippen LogP contribution is 2.36. The summed E-state index contributed by atoms with van der Waals surface area (Å²) in [6, 6.07) is 16.3. The van der Waals surface area contributed by atoms with Crippen molar-refractivity contribution in [3.05, 3.63) is 84.1 Å². The van der Waals surface area contributed by atoms with Crippen molar-refractivity contribution in [2.75, 3.05) is 24.2 Å². The number of carbonyl (C=O) groups is 2. The minimum absolute atomic E-state index is 0. The van der Waals surface area contributed by atoms with Crippen molar-refractivity contribution in [2.45, 2.75) is 18.6 Å². The minimum Gasteiger partial charge on any atom is -0.507 e. The van der Waals surface area contributed by atoms with Gasteiger partial charge in [0.05, 0.1) is 24.1 Å². The standard InChI is InChI=1S/C29H24FN5O5.ClH/c1-35-15-19(36)12-24(35)28(38)32-18-5-2-4-16(10-18)21-13-23(20-8-7-17(30)11-25(20)37)33-27(22(21)14-31)34-29(39)26-6-3-9-40-26;/h2-11,13,19,24,36-37H,12,15H2,1H3,(H,32,38)(H,33,34,39);1H/t19-,24+;/m1./s1. The highest BCUT2D eigenvalue weighted by atomic mass is 35.5. The highest BCUT2D eigenvalue weighted by Gasteiger charge is 2.33. The first-order valence-corrected chi connectivity index (χ1v) is 12.3. The molecule has 0 spiro atoms. The van der Waals surface area contributed by atoms with Crippen molar-refractivity contribution in [3.8, 4) is 34.2 Å². The number of benzene rings is 2. The fourth-order valence-corrected chi connectivity index (χ4v) is 4.68. The van der Waals surface area contributed by atoms with Crippen LogP contribution in [0, 0.1) is 17.1 Å². The Bertz CT molecular complexity index is 1640. The van der Waals surface area contributed by atoms with Crippen LogP contribution in [0.15, 0.2) is 71.3 Å². The Balaban J connectivity index is 0.00000387. The maximum Gasteiger partial charge on any atom is 0.292 e. The van der Waals surface area contributed by atoms with Gasteiger partial charge in [0.15, 0.2) is 11.6 Å². The Morgan fingerprint density at radius 3 is 2.59 bits per heavy atom. The van der Waals surface area contributed by atoms with Crippen LogP contribution in [0.1, 0.15) is 22.5 Å². The molecule has 1 aliphatic rings. The normalized spacial score (nSPS) is 16.4. The Morgan fingerprint density at radius 2 is 1.93 bits per heavy atom. The molecule has 4 N–H and O–H groups in total. The largest absolute Gasteiger partial charge is 0.507 e. The Hall–Kier alpha value is -4.76. The summed E-state index contributed by atoms with van der Waals surface area (Å²) in [4.78, 5) is 31.8. The fourth-order valence-electron chi connectivity index (χ4n) is 4.68. The molecule has 1 aliphatic heterocycles. The lowest BCUT2D eigenvalue weighted by molar-refractivity contribution is -0.120. The number of aromatic hydroxyl groups is 1. The number of halogens is 2. The lowest BCUT2D eigenvalue weighted by atomic mass is 9.97. The molecule has 2 aromatic heterocycles. The van der Waals surface area contributed by atoms with Crippen molar-refractivity contribution in [2.24, 2.45) is 0 Å². The number of likely N-dealkylation sites (tertiary alicyclic amines) is 1. The Labute approximate surface area is 240 Å². The molecule has 0 saturated carbocycles. The number of nitrogens with one attached hydrogen (secondary N) is 2. The van der Waals surface area contributed by atoms with E-state index in [1.807, 2.05) is 0 Å². The number of phenols is 1. The number of likely N-dealkylation sites (N-methyl/N-ethyl adjacent to an activating group) is 1. The molecule has 4 aromatic rings. The van der Waals surface area contributed by atoms with Crippen LogP contribution in [0.25, 0.3) is 22.4 Å². The summed E-state index contributed by atoms with van der Waals surface area (Å²) in [5.41, 5.74) is 1.66. The zero-order chi connectivity index (χ0) is 28.4. The summed E-state index contributed by atoms with van der Waals surface area (Å²) < 4.78 is 18.8. The molecule has 1 fully saturated rings. The molecule has 41 heavy (non-hydrogen) atoms. The van der Waals surface area contributed by atoms with E-state index >= 15 is 0 Å². The van der Waals surface area contributed by atoms with Crippen LogP contribution in [0.2, 0.25) is 0 Å². The maximum absolute atomic E-state index is 13.7. The number of rotatable bonds is 6. The number of aliphatic hydroxyl groups excluding tert-OH is 1. The van der Waals surface area contributed by atoms with Gasteiger partial charge in [-0.3, -0.25) is 14.5 Å². The topological polar surface area (TPSA) is 152 Å². The van der Waals surface area contributed by atoms with Gasteiger partial charge in [0.2, 0.25) is 5.91 Å². The second-order valence-electron chi connectivity index (χ2n) is 9.40. The smallest absolute Gasteiger partial charge is 0.292 e. The van der Waals surface area contributed by atoms with Crippen molar-refractivity contribution >= 4 is 35.7 Å². The van der Waals surface area contributed by atoms with Gasteiger partial charge in [-0.15, -0.1) is 12.4 Å². The number of nitrogens with zero attached hydrogens (tertiary/aromatic N) is 3. The Kier molecular flexibility index (Phi) is 8.68. The monoisotopic (exact) mass is 577 g/mol. The van der Waals surface area contributed by atoms with E-state index in [1.165, 1.54) is 30.5 Å². The molecule has 2 atom stereocenters. The first-order valence-electron chi connectivity index (χ1n) is 12.3. The molecule has 0 unspecified atom stereocenters. The van der Waals surface area contributed by atoms with Crippen LogP contribution in [-0.2, 0) is 4.79 Å². The number of carbonyl (C=O) groups excluding carboxylic acids is 2. The van der Waals surface area contributed by atoms with Crippen molar-refractivity contribution < 1.29 is 28.6 Å². The molecule has 5 rings (SSSR count). The number of amides is 2. The zero-order valence-electron chi connectivity index (χ0n) is 21.7. The van der Waals surface area contributed by atoms with E-state index in [0.29, 0.717) is 29.8 Å². The zero-order valence-corrected chi connectivity index (χ0v) is 22.5. The van der Waals surface area contributed by atoms with Gasteiger partial charge in [-0.2, -0.15) is 5.26 Å². The second-order valence-corrected chi connectivity index (χ2v) is 9.40. The van der Waals surface area contributed by atoms with Gasteiger partial charge < -0.3 is 25.3 Å². The van der Waals surface area contributed by atoms with Crippen LogP contribution in [-0.4, -0.2) is 57.6 Å². The van der Waals surface area contributed by atoms with E-state index in [2.05, 4.69) is 21.7 Å². The van der Waals surface area contributed by atoms with Gasteiger partial charge in [-0.05, 0) is 61.5 Å². The molecule has 0 radical (unpaired) electrons. The van der Waals surface area contributed by atoms with Crippen LogP contribution in [0.5, 0.6) is 5.75 Å². The van der Waals surface area contributed by atoms with Gasteiger partial charge >= 0.3 is 0 Å². The van der Waals surface area contributed by atoms with Gasteiger partial charge in [-0.1, -0.05) is 12.1 Å². The summed E-state index contributed by atoms with van der Waals surface area (Å²) in [5, 5.41) is 35.9. The van der Waals surface area contributed by atoms with Gasteiger partial charge in [0, 0.05) is 29.4 Å². The molecule has 2 amide bonds. The molecule has 10 nitrogen and oxygen atoms in total. The number of pyridine rings is 1. The third kappa shape index (κ3) is 6.20. The predicted octanol–water partition coefficient (Wildman–Crippen LogP) is 4.40. The number of hydrogen-bond acceptors (Lipinski definition) is 8. The van der Waals surface area contributed by atoms with E-state index < -0.39 is 23.9 Å². The molecule has 0 bridgehead atoms. The average Bonchev–Trinajstić information content (AvgIpc) is 3.58. The van der Waals surface area contributed by atoms with E-state index in [1.54, 1.807) is 36.2 Å². The van der Waals surface area contributed by atoms with Crippen LogP contribution >= 0.6 is 12.4 Å². The summed E-state index contributed by atoms with van der Waals surface area (Å²) in [6.45, 7) is 0.395. The summed E-state index contributed by atoms with van der Waals surface area (Å²) >= 11 is 0. The summed E-state index contributed by atoms with van der Waals surface area (Å²) in [5.74, 6) is -2.06. The lowest BCUT2D eigenvalue weighted by Crippen LogP contribution is -2.37. The SMILES string of the molecule is CN1C[C@H](O)C[C@H]1C(=O)Nc1cccc(-c2cc(-c3ccc(F)cc3O)nc(NC(=O)c3ccco3)c2C#N)c1.Cl. The molecule has 3 heterocycles. The van der Waals surface area contributed by atoms with Gasteiger partial charge in [0.1, 0.15) is 23.2 Å². The first-order chi connectivity index (χ1) is 19.2. The number of β-amino-alcohol motifs (C(OH)–C–C–N with tert-alkyl or cyclic N) is 1. The highest BCUT2D eigenvalue weighted by molar-refractivity contribution is 6.03. The number of hydrogen-bond donors (Lipinski definition) is 4. The number of furan rings is 1. The van der Waals surface area contributed by atoms with E-state index in [4.69, 9.17) is 4.42 Å². The third-order valence-corrected chi connectivity index (χ3v) is 6.61. The van der Waals surface area contributed by atoms with Crippen molar-refractivity contribution in [1.82, 2.24) is 9.88 Å². The number of anilines is 2. The van der Waals surface area contributed by atoms with Gasteiger partial charge in [0.25, 0.3) is 5.91 Å². The van der Waals surface area contributed by atoms with Gasteiger partial charge in [-0.25, -0.2) is 9.37 Å². The summed E-state index contributed by atoms with van der Waals surface area (Å²) in [7, 11) is 1.76. The molecule has 1 saturated heterocycles. The molecule has 12 heteroatoms. The quantitative estimate of drug-likeness (QED) is 0.263. The molecule has 0 aliphatic carbocycles. The van der Waals surface area contributed by atoms with Crippen molar-refractivity contribution in [1.29, 1.82) is 5.26 Å². The maximum atomic E-state index is 13.7. The molecule has 210 valence electrons. The van der Waals surface area contributed by atoms with E-state index in [-0.39, 0.29) is 52.5 Å². The van der Waals surface area contributed by atoms with E-state index in [9.17, 15) is 29.5 Å². The molecular weight excluding hydrogens is 553 g/mol. The first kappa shape index (κ1) is 29.2. The number of nitriles is 1. The fraction of sp³-hybridized carbons (Fsp3) is 0.172. The van der Waals surface area contributed by atoms with E-state index in [0.717, 1.165) is 12.1 Å². The van der Waals surface area contributed by atoms with Crippen LogP contribution < -0.4 is 10.6 Å². The number of aliphatic hydroxyl groups is 1. The second kappa shape index (κ2) is 12.2. The average molecular weight is 578 g/mol. The summed E-state index contributed by atoms with van der Waals surface area (Å²) in [6.07, 6.45) is 1.06. The number of phenolic OH excluding ortho intramolecular Hbond substituents is 1. The molecule has 2 aromatic carbocycles. The number of aromatic nitrogens is 1. The predicted molar refractivity (Wildman–Crippen MR) is 151 cm³/mol. The Morgan fingerprint density at radius 1 is 1.12 bits per heavy atom. The molecular formula is C29H25ClFN5O5. The third-order valence-electron chi connectivity index (χ3n) is 6.61. The minimum atomic E-state index is -0.649.